The summed E-state index contributed by atoms with van der Waals surface area (Å²) in [6, 6.07) is 0. The van der Waals surface area contributed by atoms with Crippen molar-refractivity contribution in [3.63, 3.8) is 0 Å². The number of hydrogen-bond donors (Lipinski definition) is 2. The summed E-state index contributed by atoms with van der Waals surface area (Å²) < 4.78 is 10.2. The fourth-order valence-corrected chi connectivity index (χ4v) is 1.89. The second-order valence-corrected chi connectivity index (χ2v) is 4.36. The first-order chi connectivity index (χ1) is 8.33. The Morgan fingerprint density at radius 3 is 2.82 bits per heavy atom. The van der Waals surface area contributed by atoms with Crippen molar-refractivity contribution in [2.75, 3.05) is 46.6 Å². The van der Waals surface area contributed by atoms with Gasteiger partial charge >= 0.3 is 0 Å². The molecule has 0 bridgehead atoms. The summed E-state index contributed by atoms with van der Waals surface area (Å²) in [6.45, 7) is 4.24. The minimum Gasteiger partial charge on any atom is -0.383 e. The van der Waals surface area contributed by atoms with E-state index in [9.17, 15) is 4.79 Å². The molecule has 1 aliphatic rings. The Morgan fingerprint density at radius 2 is 2.12 bits per heavy atom. The highest BCUT2D eigenvalue weighted by molar-refractivity contribution is 5.77. The molecule has 1 saturated heterocycles. The monoisotopic (exact) mass is 244 g/mol. The summed E-state index contributed by atoms with van der Waals surface area (Å²) in [5.74, 6) is 0.777. The molecule has 0 unspecified atom stereocenters. The first-order valence-electron chi connectivity index (χ1n) is 6.37. The van der Waals surface area contributed by atoms with Gasteiger partial charge in [-0.1, -0.05) is 0 Å². The maximum atomic E-state index is 11.4. The van der Waals surface area contributed by atoms with Crippen molar-refractivity contribution in [3.8, 4) is 0 Å². The van der Waals surface area contributed by atoms with Gasteiger partial charge in [-0.05, 0) is 25.2 Å². The molecular formula is C12H24N2O3. The summed E-state index contributed by atoms with van der Waals surface area (Å²) in [6.07, 6.45) is 3.32. The maximum absolute atomic E-state index is 11.4. The molecule has 1 amide bonds. The van der Waals surface area contributed by atoms with Gasteiger partial charge in [0.25, 0.3) is 0 Å². The minimum absolute atomic E-state index is 0.0631. The van der Waals surface area contributed by atoms with Crippen LogP contribution in [0.15, 0.2) is 0 Å². The van der Waals surface area contributed by atoms with Crippen LogP contribution < -0.4 is 10.6 Å². The number of nitrogens with one attached hydrogen (secondary N) is 2. The predicted octanol–water partition coefficient (Wildman–Crippen LogP) is 0.155. The second kappa shape index (κ2) is 9.39. The van der Waals surface area contributed by atoms with Crippen LogP contribution in [0.1, 0.15) is 19.3 Å². The molecule has 0 atom stereocenters. The average Bonchev–Trinajstić information content (AvgIpc) is 2.36. The largest absolute Gasteiger partial charge is 0.383 e. The van der Waals surface area contributed by atoms with E-state index in [1.807, 2.05) is 0 Å². The van der Waals surface area contributed by atoms with E-state index in [-0.39, 0.29) is 5.91 Å². The lowest BCUT2D eigenvalue weighted by Gasteiger charge is -2.21. The van der Waals surface area contributed by atoms with Crippen molar-refractivity contribution in [1.82, 2.24) is 10.6 Å². The molecule has 1 heterocycles. The molecule has 17 heavy (non-hydrogen) atoms. The van der Waals surface area contributed by atoms with E-state index in [4.69, 9.17) is 9.47 Å². The molecule has 5 heteroatoms. The number of carbonyl (C=O) groups is 1. The highest BCUT2D eigenvalue weighted by Crippen LogP contribution is 2.17. The second-order valence-electron chi connectivity index (χ2n) is 4.36. The molecule has 0 aromatic heterocycles. The third kappa shape index (κ3) is 7.31. The lowest BCUT2D eigenvalue weighted by atomic mass is 9.97. The molecule has 1 aliphatic heterocycles. The summed E-state index contributed by atoms with van der Waals surface area (Å²) in [5.41, 5.74) is 0. The van der Waals surface area contributed by atoms with E-state index in [1.165, 1.54) is 0 Å². The van der Waals surface area contributed by atoms with Gasteiger partial charge in [0, 0.05) is 33.4 Å². The quantitative estimate of drug-likeness (QED) is 0.597. The van der Waals surface area contributed by atoms with Crippen LogP contribution in [0.25, 0.3) is 0 Å². The molecule has 0 radical (unpaired) electrons. The number of carbonyl (C=O) groups excluding carboxylic acids is 1. The normalized spacial score (nSPS) is 17.0. The molecule has 1 rings (SSSR count). The van der Waals surface area contributed by atoms with Gasteiger partial charge in [0.1, 0.15) is 0 Å². The highest BCUT2D eigenvalue weighted by Gasteiger charge is 2.13. The van der Waals surface area contributed by atoms with Gasteiger partial charge in [-0.2, -0.15) is 0 Å². The van der Waals surface area contributed by atoms with E-state index in [0.29, 0.717) is 25.6 Å². The van der Waals surface area contributed by atoms with Crippen molar-refractivity contribution in [3.05, 3.63) is 0 Å². The summed E-state index contributed by atoms with van der Waals surface area (Å²) >= 11 is 0. The van der Waals surface area contributed by atoms with E-state index in [1.54, 1.807) is 7.11 Å². The van der Waals surface area contributed by atoms with Crippen molar-refractivity contribution < 1.29 is 14.3 Å². The van der Waals surface area contributed by atoms with E-state index >= 15 is 0 Å². The van der Waals surface area contributed by atoms with E-state index in [0.717, 1.165) is 39.0 Å². The van der Waals surface area contributed by atoms with Crippen LogP contribution in [0.3, 0.4) is 0 Å². The number of rotatable bonds is 8. The molecule has 2 N–H and O–H groups in total. The van der Waals surface area contributed by atoms with Crippen LogP contribution in [-0.4, -0.2) is 52.5 Å². The molecule has 0 aliphatic carbocycles. The molecule has 5 nitrogen and oxygen atoms in total. The Morgan fingerprint density at radius 1 is 1.35 bits per heavy atom. The van der Waals surface area contributed by atoms with Gasteiger partial charge in [0.15, 0.2) is 0 Å². The third-order valence-corrected chi connectivity index (χ3v) is 2.98. The standard InChI is InChI=1S/C12H24N2O3/c1-16-9-6-13-10-12(15)14-5-2-11-3-7-17-8-4-11/h11,13H,2-10H2,1H3,(H,14,15). The molecular weight excluding hydrogens is 220 g/mol. The maximum Gasteiger partial charge on any atom is 0.233 e. The fourth-order valence-electron chi connectivity index (χ4n) is 1.89. The molecule has 0 aromatic rings. The van der Waals surface area contributed by atoms with Crippen molar-refractivity contribution >= 4 is 5.91 Å². The lowest BCUT2D eigenvalue weighted by Crippen LogP contribution is -2.36. The van der Waals surface area contributed by atoms with Crippen molar-refractivity contribution in [1.29, 1.82) is 0 Å². The Bertz CT molecular complexity index is 206. The summed E-state index contributed by atoms with van der Waals surface area (Å²) in [4.78, 5) is 11.4. The van der Waals surface area contributed by atoms with Crippen LogP contribution in [0.4, 0.5) is 0 Å². The van der Waals surface area contributed by atoms with Crippen LogP contribution in [0, 0.1) is 5.92 Å². The zero-order valence-electron chi connectivity index (χ0n) is 10.7. The fraction of sp³-hybridized carbons (Fsp3) is 0.917. The van der Waals surface area contributed by atoms with Gasteiger partial charge in [-0.15, -0.1) is 0 Å². The van der Waals surface area contributed by atoms with Crippen molar-refractivity contribution in [2.24, 2.45) is 5.92 Å². The average molecular weight is 244 g/mol. The Hall–Kier alpha value is -0.650. The van der Waals surface area contributed by atoms with Gasteiger partial charge in [0.05, 0.1) is 13.2 Å². The highest BCUT2D eigenvalue weighted by atomic mass is 16.5. The third-order valence-electron chi connectivity index (χ3n) is 2.98. The predicted molar refractivity (Wildman–Crippen MR) is 65.9 cm³/mol. The smallest absolute Gasteiger partial charge is 0.233 e. The SMILES string of the molecule is COCCNCC(=O)NCCC1CCOCC1. The van der Waals surface area contributed by atoms with E-state index < -0.39 is 0 Å². The van der Waals surface area contributed by atoms with Crippen LogP contribution in [-0.2, 0) is 14.3 Å². The molecule has 1 fully saturated rings. The zero-order valence-corrected chi connectivity index (χ0v) is 10.7. The summed E-state index contributed by atoms with van der Waals surface area (Å²) in [5, 5.41) is 5.94. The zero-order chi connectivity index (χ0) is 12.3. The number of amides is 1. The minimum atomic E-state index is 0.0631. The lowest BCUT2D eigenvalue weighted by molar-refractivity contribution is -0.120. The Balaban J connectivity index is 1.92. The van der Waals surface area contributed by atoms with Crippen LogP contribution >= 0.6 is 0 Å². The van der Waals surface area contributed by atoms with Gasteiger partial charge in [0.2, 0.25) is 5.91 Å². The number of hydrogen-bond acceptors (Lipinski definition) is 4. The van der Waals surface area contributed by atoms with Crippen LogP contribution in [0.2, 0.25) is 0 Å². The molecule has 100 valence electrons. The summed E-state index contributed by atoms with van der Waals surface area (Å²) in [7, 11) is 1.65. The van der Waals surface area contributed by atoms with Gasteiger partial charge in [-0.3, -0.25) is 4.79 Å². The van der Waals surface area contributed by atoms with E-state index in [2.05, 4.69) is 10.6 Å². The first kappa shape index (κ1) is 14.4. The molecule has 0 aromatic carbocycles. The van der Waals surface area contributed by atoms with Gasteiger partial charge < -0.3 is 20.1 Å². The first-order valence-corrected chi connectivity index (χ1v) is 6.37. The number of ether oxygens (including phenoxy) is 2. The number of methoxy groups -OCH3 is 1. The molecule has 0 saturated carbocycles. The molecule has 0 spiro atoms. The van der Waals surface area contributed by atoms with Gasteiger partial charge in [-0.25, -0.2) is 0 Å². The Kier molecular flexibility index (Phi) is 7.96. The van der Waals surface area contributed by atoms with Crippen molar-refractivity contribution in [2.45, 2.75) is 19.3 Å². The topological polar surface area (TPSA) is 59.6 Å². The Labute approximate surface area is 103 Å². The van der Waals surface area contributed by atoms with Crippen LogP contribution in [0.5, 0.6) is 0 Å².